The first kappa shape index (κ1) is 16.0. The summed E-state index contributed by atoms with van der Waals surface area (Å²) in [6, 6.07) is 5.53. The minimum absolute atomic E-state index is 0.272. The molecule has 0 aromatic heterocycles. The van der Waals surface area contributed by atoms with Gasteiger partial charge in [-0.15, -0.1) is 0 Å². The van der Waals surface area contributed by atoms with E-state index in [2.05, 4.69) is 19.2 Å². The second-order valence-corrected chi connectivity index (χ2v) is 5.31. The van der Waals surface area contributed by atoms with E-state index in [9.17, 15) is 4.39 Å². The largest absolute Gasteiger partial charge is 0.491 e. The lowest BCUT2D eigenvalue weighted by Crippen LogP contribution is -2.23. The van der Waals surface area contributed by atoms with Gasteiger partial charge in [-0.2, -0.15) is 0 Å². The molecule has 3 heteroatoms. The topological polar surface area (TPSA) is 21.3 Å². The van der Waals surface area contributed by atoms with Crippen molar-refractivity contribution >= 4 is 0 Å². The lowest BCUT2D eigenvalue weighted by atomic mass is 10.2. The van der Waals surface area contributed by atoms with Crippen molar-refractivity contribution in [3.63, 3.8) is 0 Å². The molecule has 0 aliphatic heterocycles. The second-order valence-electron chi connectivity index (χ2n) is 5.31. The van der Waals surface area contributed by atoms with Crippen molar-refractivity contribution in [3.05, 3.63) is 29.6 Å². The Hall–Kier alpha value is -1.09. The predicted octanol–water partition coefficient (Wildman–Crippen LogP) is 4.07. The van der Waals surface area contributed by atoms with E-state index < -0.39 is 0 Å². The molecule has 108 valence electrons. The predicted molar refractivity (Wildman–Crippen MR) is 78.2 cm³/mol. The normalized spacial score (nSPS) is 11.0. The number of halogens is 1. The van der Waals surface area contributed by atoms with Crippen molar-refractivity contribution in [2.24, 2.45) is 0 Å². The number of ether oxygens (including phenoxy) is 1. The molecule has 19 heavy (non-hydrogen) atoms. The van der Waals surface area contributed by atoms with Gasteiger partial charge in [0, 0.05) is 6.04 Å². The first-order chi connectivity index (χ1) is 9.09. The maximum Gasteiger partial charge on any atom is 0.165 e. The zero-order valence-corrected chi connectivity index (χ0v) is 12.3. The lowest BCUT2D eigenvalue weighted by molar-refractivity contribution is 0.290. The molecule has 0 amide bonds. The van der Waals surface area contributed by atoms with E-state index in [4.69, 9.17) is 4.74 Å². The minimum Gasteiger partial charge on any atom is -0.491 e. The molecule has 1 aromatic rings. The highest BCUT2D eigenvalue weighted by Crippen LogP contribution is 2.18. The smallest absolute Gasteiger partial charge is 0.165 e. The molecular formula is C16H26FNO. The standard InChI is InChI=1S/C16H26FNO/c1-13(2)18-10-6-4-5-7-11-19-16-12-14(3)8-9-15(16)17/h8-9,12-13,18H,4-7,10-11H2,1-3H3. The fourth-order valence-electron chi connectivity index (χ4n) is 1.87. The molecule has 0 unspecified atom stereocenters. The summed E-state index contributed by atoms with van der Waals surface area (Å²) in [6.07, 6.45) is 4.50. The summed E-state index contributed by atoms with van der Waals surface area (Å²) >= 11 is 0. The van der Waals surface area contributed by atoms with Crippen molar-refractivity contribution in [1.29, 1.82) is 0 Å². The van der Waals surface area contributed by atoms with Gasteiger partial charge < -0.3 is 10.1 Å². The molecule has 0 radical (unpaired) electrons. The van der Waals surface area contributed by atoms with Crippen molar-refractivity contribution in [1.82, 2.24) is 5.32 Å². The average Bonchev–Trinajstić information content (AvgIpc) is 2.36. The van der Waals surface area contributed by atoms with E-state index in [1.54, 1.807) is 12.1 Å². The van der Waals surface area contributed by atoms with Crippen molar-refractivity contribution in [2.75, 3.05) is 13.2 Å². The average molecular weight is 267 g/mol. The van der Waals surface area contributed by atoms with Gasteiger partial charge in [-0.1, -0.05) is 32.8 Å². The van der Waals surface area contributed by atoms with Gasteiger partial charge in [0.2, 0.25) is 0 Å². The van der Waals surface area contributed by atoms with E-state index in [-0.39, 0.29) is 5.82 Å². The van der Waals surface area contributed by atoms with Crippen LogP contribution in [-0.2, 0) is 0 Å². The SMILES string of the molecule is Cc1ccc(F)c(OCCCCCCNC(C)C)c1. The molecule has 0 atom stereocenters. The molecule has 0 fully saturated rings. The third-order valence-corrected chi connectivity index (χ3v) is 2.97. The first-order valence-corrected chi connectivity index (χ1v) is 7.22. The molecule has 1 N–H and O–H groups in total. The highest BCUT2D eigenvalue weighted by molar-refractivity contribution is 5.29. The van der Waals surface area contributed by atoms with E-state index in [0.717, 1.165) is 24.9 Å². The fraction of sp³-hybridized carbons (Fsp3) is 0.625. The van der Waals surface area contributed by atoms with Crippen LogP contribution in [0.4, 0.5) is 4.39 Å². The lowest BCUT2D eigenvalue weighted by Gasteiger charge is -2.09. The van der Waals surface area contributed by atoms with Gasteiger partial charge in [0.25, 0.3) is 0 Å². The van der Waals surface area contributed by atoms with Gasteiger partial charge in [-0.05, 0) is 44.0 Å². The molecule has 0 bridgehead atoms. The van der Waals surface area contributed by atoms with Crippen LogP contribution in [0.2, 0.25) is 0 Å². The molecule has 1 rings (SSSR count). The monoisotopic (exact) mass is 267 g/mol. The molecule has 0 saturated heterocycles. The maximum absolute atomic E-state index is 13.4. The van der Waals surface area contributed by atoms with Gasteiger partial charge in [0.15, 0.2) is 11.6 Å². The Kier molecular flexibility index (Phi) is 7.49. The molecule has 1 aromatic carbocycles. The summed E-state index contributed by atoms with van der Waals surface area (Å²) in [5, 5.41) is 3.40. The van der Waals surface area contributed by atoms with E-state index >= 15 is 0 Å². The van der Waals surface area contributed by atoms with Crippen molar-refractivity contribution < 1.29 is 9.13 Å². The number of hydrogen-bond acceptors (Lipinski definition) is 2. The number of rotatable bonds is 9. The maximum atomic E-state index is 13.4. The zero-order valence-electron chi connectivity index (χ0n) is 12.3. The van der Waals surface area contributed by atoms with Gasteiger partial charge >= 0.3 is 0 Å². The Bertz CT molecular complexity index is 366. The molecule has 0 saturated carbocycles. The summed E-state index contributed by atoms with van der Waals surface area (Å²) in [7, 11) is 0. The van der Waals surface area contributed by atoms with Crippen LogP contribution in [0.5, 0.6) is 5.75 Å². The molecule has 0 heterocycles. The first-order valence-electron chi connectivity index (χ1n) is 7.22. The number of benzene rings is 1. The quantitative estimate of drug-likeness (QED) is 0.681. The Morgan fingerprint density at radius 1 is 1.16 bits per heavy atom. The Morgan fingerprint density at radius 2 is 1.89 bits per heavy atom. The Labute approximate surface area is 116 Å². The van der Waals surface area contributed by atoms with Gasteiger partial charge in [-0.25, -0.2) is 4.39 Å². The number of unbranched alkanes of at least 4 members (excludes halogenated alkanes) is 3. The van der Waals surface area contributed by atoms with Crippen LogP contribution in [0, 0.1) is 12.7 Å². The Balaban J connectivity index is 2.06. The van der Waals surface area contributed by atoms with E-state index in [1.807, 2.05) is 6.92 Å². The minimum atomic E-state index is -0.272. The van der Waals surface area contributed by atoms with Crippen LogP contribution in [0.1, 0.15) is 45.1 Å². The number of aryl methyl sites for hydroxylation is 1. The highest BCUT2D eigenvalue weighted by atomic mass is 19.1. The molecular weight excluding hydrogens is 241 g/mol. The van der Waals surface area contributed by atoms with Gasteiger partial charge in [0.05, 0.1) is 6.61 Å². The third kappa shape index (κ3) is 7.16. The fourth-order valence-corrected chi connectivity index (χ4v) is 1.87. The van der Waals surface area contributed by atoms with Crippen LogP contribution in [-0.4, -0.2) is 19.2 Å². The summed E-state index contributed by atoms with van der Waals surface area (Å²) in [5.41, 5.74) is 1.02. The second kappa shape index (κ2) is 8.92. The van der Waals surface area contributed by atoms with Crippen molar-refractivity contribution in [2.45, 2.75) is 52.5 Å². The molecule has 0 aliphatic carbocycles. The van der Waals surface area contributed by atoms with E-state index in [0.29, 0.717) is 18.4 Å². The summed E-state index contributed by atoms with van der Waals surface area (Å²) in [5.74, 6) is 0.105. The van der Waals surface area contributed by atoms with Crippen molar-refractivity contribution in [3.8, 4) is 5.75 Å². The van der Waals surface area contributed by atoms with Crippen LogP contribution in [0.15, 0.2) is 18.2 Å². The summed E-state index contributed by atoms with van der Waals surface area (Å²) in [4.78, 5) is 0. The van der Waals surface area contributed by atoms with Crippen LogP contribution < -0.4 is 10.1 Å². The van der Waals surface area contributed by atoms with Crippen LogP contribution >= 0.6 is 0 Å². The number of nitrogens with one attached hydrogen (secondary N) is 1. The van der Waals surface area contributed by atoms with E-state index in [1.165, 1.54) is 18.9 Å². The van der Waals surface area contributed by atoms with Crippen LogP contribution in [0.3, 0.4) is 0 Å². The summed E-state index contributed by atoms with van der Waals surface area (Å²) in [6.45, 7) is 7.92. The molecule has 2 nitrogen and oxygen atoms in total. The molecule has 0 aliphatic rings. The third-order valence-electron chi connectivity index (χ3n) is 2.97. The zero-order chi connectivity index (χ0) is 14.1. The Morgan fingerprint density at radius 3 is 2.63 bits per heavy atom. The van der Waals surface area contributed by atoms with Crippen LogP contribution in [0.25, 0.3) is 0 Å². The number of hydrogen-bond donors (Lipinski definition) is 1. The van der Waals surface area contributed by atoms with Gasteiger partial charge in [-0.3, -0.25) is 0 Å². The summed E-state index contributed by atoms with van der Waals surface area (Å²) < 4.78 is 18.9. The molecule has 0 spiro atoms. The highest BCUT2D eigenvalue weighted by Gasteiger charge is 2.02. The van der Waals surface area contributed by atoms with Gasteiger partial charge in [0.1, 0.15) is 0 Å².